The molecule has 0 radical (unpaired) electrons. The van der Waals surface area contributed by atoms with Crippen LogP contribution in [0, 0.1) is 0 Å². The minimum atomic E-state index is 0.138. The number of carbonyl (C=O) groups is 1. The van der Waals surface area contributed by atoms with Crippen molar-refractivity contribution >= 4 is 5.91 Å². The molecule has 98 valence electrons. The van der Waals surface area contributed by atoms with E-state index in [9.17, 15) is 4.79 Å². The van der Waals surface area contributed by atoms with E-state index in [1.807, 2.05) is 53.0 Å². The third kappa shape index (κ3) is 2.16. The van der Waals surface area contributed by atoms with Crippen LogP contribution in [-0.2, 0) is 7.05 Å². The molecule has 2 aromatic rings. The Hall–Kier alpha value is -2.03. The molecule has 1 atom stereocenters. The van der Waals surface area contributed by atoms with Crippen molar-refractivity contribution in [3.8, 4) is 0 Å². The lowest BCUT2D eigenvalue weighted by atomic mass is 10.0. The molecule has 3 heteroatoms. The first-order valence-corrected chi connectivity index (χ1v) is 6.74. The molecular weight excluding hydrogens is 236 g/mol. The predicted molar refractivity (Wildman–Crippen MR) is 74.9 cm³/mol. The Bertz CT molecular complexity index is 573. The van der Waals surface area contributed by atoms with Crippen LogP contribution in [0.15, 0.2) is 48.7 Å². The third-order valence-electron chi connectivity index (χ3n) is 3.86. The van der Waals surface area contributed by atoms with E-state index in [0.29, 0.717) is 0 Å². The monoisotopic (exact) mass is 254 g/mol. The van der Waals surface area contributed by atoms with Gasteiger partial charge in [-0.3, -0.25) is 4.79 Å². The Morgan fingerprint density at radius 1 is 1.16 bits per heavy atom. The summed E-state index contributed by atoms with van der Waals surface area (Å²) in [7, 11) is 1.92. The van der Waals surface area contributed by atoms with Gasteiger partial charge in [0.15, 0.2) is 0 Å². The first kappa shape index (κ1) is 12.0. The maximum atomic E-state index is 12.6. The highest BCUT2D eigenvalue weighted by atomic mass is 16.2. The van der Waals surface area contributed by atoms with Crippen LogP contribution in [-0.4, -0.2) is 21.9 Å². The lowest BCUT2D eigenvalue weighted by Gasteiger charge is -2.25. The normalized spacial score (nSPS) is 18.8. The van der Waals surface area contributed by atoms with Gasteiger partial charge in [-0.15, -0.1) is 0 Å². The zero-order valence-corrected chi connectivity index (χ0v) is 11.1. The largest absolute Gasteiger partial charge is 0.347 e. The lowest BCUT2D eigenvalue weighted by Crippen LogP contribution is -2.31. The fraction of sp³-hybridized carbons (Fsp3) is 0.312. The van der Waals surface area contributed by atoms with E-state index >= 15 is 0 Å². The number of benzene rings is 1. The number of aryl methyl sites for hydroxylation is 1. The van der Waals surface area contributed by atoms with Crippen LogP contribution >= 0.6 is 0 Å². The molecule has 1 saturated heterocycles. The number of amides is 1. The van der Waals surface area contributed by atoms with Crippen LogP contribution in [0.1, 0.15) is 34.9 Å². The van der Waals surface area contributed by atoms with Crippen LogP contribution in [0.3, 0.4) is 0 Å². The van der Waals surface area contributed by atoms with Gasteiger partial charge in [0.1, 0.15) is 5.69 Å². The number of carbonyl (C=O) groups excluding carboxylic acids is 1. The summed E-state index contributed by atoms with van der Waals surface area (Å²) < 4.78 is 1.89. The summed E-state index contributed by atoms with van der Waals surface area (Å²) in [5.41, 5.74) is 2.00. The molecule has 0 saturated carbocycles. The minimum Gasteiger partial charge on any atom is -0.347 e. The summed E-state index contributed by atoms with van der Waals surface area (Å²) in [5.74, 6) is 0.138. The van der Waals surface area contributed by atoms with Gasteiger partial charge in [-0.05, 0) is 30.5 Å². The molecule has 3 nitrogen and oxygen atoms in total. The molecule has 1 aliphatic rings. The molecule has 1 aromatic carbocycles. The van der Waals surface area contributed by atoms with Crippen LogP contribution in [0.5, 0.6) is 0 Å². The molecule has 0 unspecified atom stereocenters. The van der Waals surface area contributed by atoms with E-state index in [1.165, 1.54) is 5.56 Å². The Balaban J connectivity index is 1.88. The summed E-state index contributed by atoms with van der Waals surface area (Å²) in [4.78, 5) is 14.6. The number of nitrogens with zero attached hydrogens (tertiary/aromatic N) is 2. The summed E-state index contributed by atoms with van der Waals surface area (Å²) in [6, 6.07) is 14.4. The van der Waals surface area contributed by atoms with Crippen molar-refractivity contribution in [1.29, 1.82) is 0 Å². The van der Waals surface area contributed by atoms with Crippen LogP contribution < -0.4 is 0 Å². The van der Waals surface area contributed by atoms with Crippen molar-refractivity contribution in [3.63, 3.8) is 0 Å². The summed E-state index contributed by atoms with van der Waals surface area (Å²) in [5, 5.41) is 0. The molecule has 19 heavy (non-hydrogen) atoms. The van der Waals surface area contributed by atoms with Crippen molar-refractivity contribution in [2.45, 2.75) is 18.9 Å². The van der Waals surface area contributed by atoms with E-state index in [0.717, 1.165) is 25.1 Å². The number of likely N-dealkylation sites (tertiary alicyclic amines) is 1. The zero-order valence-electron chi connectivity index (χ0n) is 11.1. The molecule has 2 heterocycles. The molecule has 1 amide bonds. The van der Waals surface area contributed by atoms with E-state index in [4.69, 9.17) is 0 Å². The number of aromatic nitrogens is 1. The predicted octanol–water partition coefficient (Wildman–Crippen LogP) is 3.00. The molecule has 0 aliphatic carbocycles. The van der Waals surface area contributed by atoms with Crippen molar-refractivity contribution in [2.75, 3.05) is 6.54 Å². The fourth-order valence-corrected chi connectivity index (χ4v) is 2.86. The topological polar surface area (TPSA) is 25.2 Å². The smallest absolute Gasteiger partial charge is 0.270 e. The van der Waals surface area contributed by atoms with Gasteiger partial charge in [0.2, 0.25) is 0 Å². The van der Waals surface area contributed by atoms with Gasteiger partial charge in [-0.1, -0.05) is 30.3 Å². The van der Waals surface area contributed by atoms with Gasteiger partial charge < -0.3 is 9.47 Å². The van der Waals surface area contributed by atoms with Crippen molar-refractivity contribution in [3.05, 3.63) is 59.9 Å². The highest BCUT2D eigenvalue weighted by Gasteiger charge is 2.31. The maximum Gasteiger partial charge on any atom is 0.270 e. The van der Waals surface area contributed by atoms with Gasteiger partial charge in [-0.25, -0.2) is 0 Å². The molecule has 0 N–H and O–H groups in total. The third-order valence-corrected chi connectivity index (χ3v) is 3.86. The highest BCUT2D eigenvalue weighted by molar-refractivity contribution is 5.93. The second-order valence-electron chi connectivity index (χ2n) is 5.07. The Morgan fingerprint density at radius 3 is 2.63 bits per heavy atom. The molecule has 3 rings (SSSR count). The molecule has 1 aliphatic heterocycles. The number of hydrogen-bond acceptors (Lipinski definition) is 1. The Morgan fingerprint density at radius 2 is 1.95 bits per heavy atom. The van der Waals surface area contributed by atoms with Crippen molar-refractivity contribution < 1.29 is 4.79 Å². The molecule has 0 bridgehead atoms. The Labute approximate surface area is 113 Å². The quantitative estimate of drug-likeness (QED) is 0.808. The van der Waals surface area contributed by atoms with Gasteiger partial charge in [0, 0.05) is 19.8 Å². The van der Waals surface area contributed by atoms with Gasteiger partial charge in [0.05, 0.1) is 6.04 Å². The standard InChI is InChI=1S/C16H18N2O/c1-17-11-5-10-15(17)16(19)18-12-6-9-14(18)13-7-3-2-4-8-13/h2-5,7-8,10-11,14H,6,9,12H2,1H3/t14-/m1/s1. The van der Waals surface area contributed by atoms with Crippen LogP contribution in [0.4, 0.5) is 0 Å². The first-order valence-electron chi connectivity index (χ1n) is 6.74. The molecule has 1 fully saturated rings. The lowest BCUT2D eigenvalue weighted by molar-refractivity contribution is 0.0726. The first-order chi connectivity index (χ1) is 9.27. The fourth-order valence-electron chi connectivity index (χ4n) is 2.86. The molecule has 1 aromatic heterocycles. The summed E-state index contributed by atoms with van der Waals surface area (Å²) in [6.07, 6.45) is 4.05. The number of rotatable bonds is 2. The molecule has 0 spiro atoms. The Kier molecular flexibility index (Phi) is 3.11. The van der Waals surface area contributed by atoms with Crippen LogP contribution in [0.25, 0.3) is 0 Å². The van der Waals surface area contributed by atoms with E-state index in [-0.39, 0.29) is 11.9 Å². The number of hydrogen-bond donors (Lipinski definition) is 0. The second kappa shape index (κ2) is 4.92. The van der Waals surface area contributed by atoms with E-state index < -0.39 is 0 Å². The van der Waals surface area contributed by atoms with Gasteiger partial charge in [-0.2, -0.15) is 0 Å². The second-order valence-corrected chi connectivity index (χ2v) is 5.07. The average Bonchev–Trinajstić information content (AvgIpc) is 3.07. The van der Waals surface area contributed by atoms with Crippen molar-refractivity contribution in [2.24, 2.45) is 7.05 Å². The maximum absolute atomic E-state index is 12.6. The van der Waals surface area contributed by atoms with Gasteiger partial charge >= 0.3 is 0 Å². The van der Waals surface area contributed by atoms with Crippen LogP contribution in [0.2, 0.25) is 0 Å². The van der Waals surface area contributed by atoms with E-state index in [2.05, 4.69) is 12.1 Å². The summed E-state index contributed by atoms with van der Waals surface area (Å²) >= 11 is 0. The minimum absolute atomic E-state index is 0.138. The molecular formula is C16H18N2O. The highest BCUT2D eigenvalue weighted by Crippen LogP contribution is 2.32. The van der Waals surface area contributed by atoms with E-state index in [1.54, 1.807) is 0 Å². The van der Waals surface area contributed by atoms with Gasteiger partial charge in [0.25, 0.3) is 5.91 Å². The summed E-state index contributed by atoms with van der Waals surface area (Å²) in [6.45, 7) is 0.851. The SMILES string of the molecule is Cn1cccc1C(=O)N1CCC[C@@H]1c1ccccc1. The zero-order chi connectivity index (χ0) is 13.2. The van der Waals surface area contributed by atoms with Crippen molar-refractivity contribution in [1.82, 2.24) is 9.47 Å². The average molecular weight is 254 g/mol.